The number of pyridine rings is 1. The summed E-state index contributed by atoms with van der Waals surface area (Å²) in [5.41, 5.74) is 1.07. The largest absolute Gasteiger partial charge is 0.465 e. The summed E-state index contributed by atoms with van der Waals surface area (Å²) in [5.74, 6) is 0.522. The minimum absolute atomic E-state index is 0.350. The van der Waals surface area contributed by atoms with E-state index in [0.717, 1.165) is 18.5 Å². The van der Waals surface area contributed by atoms with Crippen LogP contribution in [-0.2, 0) is 0 Å². The summed E-state index contributed by atoms with van der Waals surface area (Å²) in [5, 5.41) is 12.4. The highest BCUT2D eigenvalue weighted by Crippen LogP contribution is 2.23. The van der Waals surface area contributed by atoms with Crippen molar-refractivity contribution in [2.75, 3.05) is 18.4 Å². The van der Waals surface area contributed by atoms with E-state index in [1.807, 2.05) is 12.1 Å². The van der Waals surface area contributed by atoms with E-state index in [1.165, 1.54) is 4.90 Å². The van der Waals surface area contributed by atoms with Gasteiger partial charge in [0.25, 0.3) is 0 Å². The molecular weight excluding hydrogens is 230 g/mol. The van der Waals surface area contributed by atoms with E-state index >= 15 is 0 Å². The normalized spacial score (nSPS) is 18.4. The first-order chi connectivity index (χ1) is 8.66. The predicted molar refractivity (Wildman–Crippen MR) is 69.6 cm³/mol. The molecule has 5 heteroatoms. The van der Waals surface area contributed by atoms with Crippen LogP contribution in [0, 0.1) is 5.92 Å². The number of nitrogens with one attached hydrogen (secondary N) is 1. The van der Waals surface area contributed by atoms with Crippen molar-refractivity contribution in [1.29, 1.82) is 0 Å². The van der Waals surface area contributed by atoms with E-state index in [0.29, 0.717) is 25.0 Å². The van der Waals surface area contributed by atoms with Crippen molar-refractivity contribution in [3.63, 3.8) is 0 Å². The van der Waals surface area contributed by atoms with E-state index in [2.05, 4.69) is 17.2 Å². The summed E-state index contributed by atoms with van der Waals surface area (Å²) in [4.78, 5) is 16.3. The number of rotatable bonds is 3. The topological polar surface area (TPSA) is 65.5 Å². The second kappa shape index (κ2) is 5.71. The van der Waals surface area contributed by atoms with Gasteiger partial charge in [0.2, 0.25) is 0 Å². The third kappa shape index (κ3) is 3.12. The molecule has 2 N–H and O–H groups in total. The number of carbonyl (C=O) groups is 1. The van der Waals surface area contributed by atoms with Gasteiger partial charge in [0.05, 0.1) is 0 Å². The maximum atomic E-state index is 10.8. The van der Waals surface area contributed by atoms with Crippen molar-refractivity contribution in [3.05, 3.63) is 24.5 Å². The number of amides is 1. The van der Waals surface area contributed by atoms with Crippen LogP contribution in [-0.4, -0.2) is 40.2 Å². The predicted octanol–water partition coefficient (Wildman–Crippen LogP) is 2.27. The zero-order chi connectivity index (χ0) is 13.0. The smallest absolute Gasteiger partial charge is 0.407 e. The molecular formula is C13H19N3O2. The molecule has 1 aromatic rings. The molecule has 2 rings (SSSR count). The van der Waals surface area contributed by atoms with Crippen molar-refractivity contribution in [2.24, 2.45) is 5.92 Å². The van der Waals surface area contributed by atoms with E-state index < -0.39 is 6.09 Å². The van der Waals surface area contributed by atoms with Crippen molar-refractivity contribution in [3.8, 4) is 0 Å². The van der Waals surface area contributed by atoms with Crippen LogP contribution in [0.3, 0.4) is 0 Å². The molecule has 98 valence electrons. The Morgan fingerprint density at radius 3 is 2.61 bits per heavy atom. The highest BCUT2D eigenvalue weighted by atomic mass is 16.4. The number of hydrogen-bond donors (Lipinski definition) is 2. The minimum Gasteiger partial charge on any atom is -0.465 e. The van der Waals surface area contributed by atoms with E-state index in [-0.39, 0.29) is 0 Å². The van der Waals surface area contributed by atoms with E-state index in [4.69, 9.17) is 5.11 Å². The van der Waals surface area contributed by atoms with Gasteiger partial charge in [-0.2, -0.15) is 0 Å². The summed E-state index contributed by atoms with van der Waals surface area (Å²) in [6, 6.07) is 4.24. The van der Waals surface area contributed by atoms with Gasteiger partial charge in [-0.3, -0.25) is 4.98 Å². The number of anilines is 1. The van der Waals surface area contributed by atoms with Crippen molar-refractivity contribution < 1.29 is 9.90 Å². The molecule has 0 spiro atoms. The molecule has 1 amide bonds. The molecule has 1 fully saturated rings. The van der Waals surface area contributed by atoms with Crippen LogP contribution in [0.1, 0.15) is 19.8 Å². The third-order valence-electron chi connectivity index (χ3n) is 3.59. The van der Waals surface area contributed by atoms with Crippen molar-refractivity contribution in [2.45, 2.75) is 25.8 Å². The van der Waals surface area contributed by atoms with Gasteiger partial charge >= 0.3 is 6.09 Å². The van der Waals surface area contributed by atoms with Crippen LogP contribution in [0.15, 0.2) is 24.5 Å². The SMILES string of the molecule is CC(Nc1ccncc1)C1CCN(C(=O)O)CC1. The first-order valence-electron chi connectivity index (χ1n) is 6.31. The van der Waals surface area contributed by atoms with Gasteiger partial charge in [0.15, 0.2) is 0 Å². The molecule has 1 saturated heterocycles. The van der Waals surface area contributed by atoms with Crippen molar-refractivity contribution >= 4 is 11.8 Å². The standard InChI is InChI=1S/C13H19N3O2/c1-10(15-12-2-6-14-7-3-12)11-4-8-16(9-5-11)13(17)18/h2-3,6-7,10-11H,4-5,8-9H2,1H3,(H,14,15)(H,17,18). The highest BCUT2D eigenvalue weighted by molar-refractivity contribution is 5.65. The lowest BCUT2D eigenvalue weighted by Gasteiger charge is -2.34. The molecule has 0 saturated carbocycles. The number of piperidine rings is 1. The number of likely N-dealkylation sites (tertiary alicyclic amines) is 1. The lowest BCUT2D eigenvalue weighted by molar-refractivity contribution is 0.122. The first-order valence-corrected chi connectivity index (χ1v) is 6.31. The molecule has 1 aromatic heterocycles. The van der Waals surface area contributed by atoms with Crippen LogP contribution in [0.4, 0.5) is 10.5 Å². The number of hydrogen-bond acceptors (Lipinski definition) is 3. The quantitative estimate of drug-likeness (QED) is 0.862. The van der Waals surface area contributed by atoms with Crippen LogP contribution in [0.5, 0.6) is 0 Å². The van der Waals surface area contributed by atoms with E-state index in [9.17, 15) is 4.79 Å². The molecule has 18 heavy (non-hydrogen) atoms. The fourth-order valence-electron chi connectivity index (χ4n) is 2.42. The lowest BCUT2D eigenvalue weighted by Crippen LogP contribution is -2.41. The van der Waals surface area contributed by atoms with Gasteiger partial charge in [-0.1, -0.05) is 0 Å². The van der Waals surface area contributed by atoms with Gasteiger partial charge < -0.3 is 15.3 Å². The average molecular weight is 249 g/mol. The molecule has 1 atom stereocenters. The van der Waals surface area contributed by atoms with Crippen LogP contribution in [0.2, 0.25) is 0 Å². The van der Waals surface area contributed by atoms with Gasteiger partial charge in [0, 0.05) is 37.2 Å². The monoisotopic (exact) mass is 249 g/mol. The van der Waals surface area contributed by atoms with Crippen molar-refractivity contribution in [1.82, 2.24) is 9.88 Å². The molecule has 0 radical (unpaired) electrons. The fourth-order valence-corrected chi connectivity index (χ4v) is 2.42. The fraction of sp³-hybridized carbons (Fsp3) is 0.538. The first kappa shape index (κ1) is 12.7. The van der Waals surface area contributed by atoms with Crippen LogP contribution >= 0.6 is 0 Å². The maximum absolute atomic E-state index is 10.8. The Bertz CT molecular complexity index is 388. The summed E-state index contributed by atoms with van der Waals surface area (Å²) in [7, 11) is 0. The van der Waals surface area contributed by atoms with Gasteiger partial charge in [0.1, 0.15) is 0 Å². The Hall–Kier alpha value is -1.78. The van der Waals surface area contributed by atoms with Gasteiger partial charge in [-0.25, -0.2) is 4.79 Å². The molecule has 5 nitrogen and oxygen atoms in total. The second-order valence-corrected chi connectivity index (χ2v) is 4.78. The Labute approximate surface area is 107 Å². The van der Waals surface area contributed by atoms with Crippen LogP contribution < -0.4 is 5.32 Å². The zero-order valence-corrected chi connectivity index (χ0v) is 10.5. The van der Waals surface area contributed by atoms with E-state index in [1.54, 1.807) is 12.4 Å². The number of carboxylic acid groups (broad SMARTS) is 1. The number of nitrogens with zero attached hydrogens (tertiary/aromatic N) is 2. The molecule has 1 unspecified atom stereocenters. The summed E-state index contributed by atoms with van der Waals surface area (Å²) in [6.45, 7) is 3.44. The maximum Gasteiger partial charge on any atom is 0.407 e. The highest BCUT2D eigenvalue weighted by Gasteiger charge is 2.25. The summed E-state index contributed by atoms with van der Waals surface area (Å²) < 4.78 is 0. The number of aromatic nitrogens is 1. The zero-order valence-electron chi connectivity index (χ0n) is 10.5. The third-order valence-corrected chi connectivity index (χ3v) is 3.59. The van der Waals surface area contributed by atoms with Gasteiger partial charge in [-0.05, 0) is 37.8 Å². The summed E-state index contributed by atoms with van der Waals surface area (Å²) in [6.07, 6.45) is 4.57. The summed E-state index contributed by atoms with van der Waals surface area (Å²) >= 11 is 0. The minimum atomic E-state index is -0.803. The molecule has 0 aromatic carbocycles. The Morgan fingerprint density at radius 2 is 2.06 bits per heavy atom. The molecule has 1 aliphatic rings. The molecule has 0 bridgehead atoms. The molecule has 2 heterocycles. The molecule has 0 aliphatic carbocycles. The Balaban J connectivity index is 1.84. The lowest BCUT2D eigenvalue weighted by atomic mass is 9.90. The molecule has 1 aliphatic heterocycles. The van der Waals surface area contributed by atoms with Crippen LogP contribution in [0.25, 0.3) is 0 Å². The van der Waals surface area contributed by atoms with Gasteiger partial charge in [-0.15, -0.1) is 0 Å². The second-order valence-electron chi connectivity index (χ2n) is 4.78. The average Bonchev–Trinajstić information content (AvgIpc) is 2.40. The Morgan fingerprint density at radius 1 is 1.44 bits per heavy atom. The Kier molecular flexibility index (Phi) is 4.02.